The van der Waals surface area contributed by atoms with Crippen LogP contribution in [0.4, 0.5) is 0 Å². The molecular formula is C13H22N2O2S. The van der Waals surface area contributed by atoms with E-state index >= 15 is 0 Å². The van der Waals surface area contributed by atoms with Gasteiger partial charge in [-0.25, -0.2) is 4.98 Å². The number of aryl methyl sites for hydroxylation is 1. The van der Waals surface area contributed by atoms with Crippen LogP contribution in [0.25, 0.3) is 0 Å². The highest BCUT2D eigenvalue weighted by atomic mass is 32.1. The molecule has 0 amide bonds. The molecule has 1 aromatic rings. The van der Waals surface area contributed by atoms with Crippen molar-refractivity contribution >= 4 is 17.3 Å². The molecule has 0 aliphatic rings. The molecule has 0 N–H and O–H groups in total. The van der Waals surface area contributed by atoms with Gasteiger partial charge >= 0.3 is 5.97 Å². The quantitative estimate of drug-likeness (QED) is 0.714. The van der Waals surface area contributed by atoms with E-state index in [0.29, 0.717) is 0 Å². The predicted octanol–water partition coefficient (Wildman–Crippen LogP) is 2.62. The molecule has 0 bridgehead atoms. The number of aromatic nitrogens is 1. The maximum absolute atomic E-state index is 11.8. The molecule has 102 valence electrons. The molecule has 1 rings (SSSR count). The number of unbranched alkanes of at least 4 members (excludes halogenated alkanes) is 1. The van der Waals surface area contributed by atoms with Gasteiger partial charge in [0.05, 0.1) is 18.3 Å². The number of likely N-dealkylation sites (N-methyl/N-ethyl adjacent to an activating group) is 1. The van der Waals surface area contributed by atoms with Crippen LogP contribution in [0.5, 0.6) is 0 Å². The first-order valence-corrected chi connectivity index (χ1v) is 7.15. The van der Waals surface area contributed by atoms with Crippen LogP contribution < -0.4 is 0 Å². The van der Waals surface area contributed by atoms with E-state index in [1.165, 1.54) is 12.0 Å². The lowest BCUT2D eigenvalue weighted by Crippen LogP contribution is -2.38. The first kappa shape index (κ1) is 15.1. The summed E-state index contributed by atoms with van der Waals surface area (Å²) in [5, 5.41) is 0. The van der Waals surface area contributed by atoms with E-state index in [0.717, 1.165) is 31.5 Å². The highest BCUT2D eigenvalue weighted by Gasteiger charge is 2.24. The molecule has 1 atom stereocenters. The average Bonchev–Trinajstić information content (AvgIpc) is 2.75. The molecule has 1 heterocycles. The Morgan fingerprint density at radius 3 is 2.83 bits per heavy atom. The van der Waals surface area contributed by atoms with Gasteiger partial charge in [0.15, 0.2) is 0 Å². The van der Waals surface area contributed by atoms with Crippen LogP contribution in [0.1, 0.15) is 36.8 Å². The number of methoxy groups -OCH3 is 1. The van der Waals surface area contributed by atoms with Crippen LogP contribution in [0.2, 0.25) is 0 Å². The standard InChI is InChI=1S/C13H22N2O2S/c1-5-6-7-11(13(16)17-4)15(3)8-12-10(2)14-9-18-12/h9,11H,5-8H2,1-4H3. The normalized spacial score (nSPS) is 12.7. The van der Waals surface area contributed by atoms with Crippen molar-refractivity contribution in [2.45, 2.75) is 45.7 Å². The van der Waals surface area contributed by atoms with Crippen molar-refractivity contribution in [3.63, 3.8) is 0 Å². The zero-order valence-corrected chi connectivity index (χ0v) is 12.4. The number of carbonyl (C=O) groups excluding carboxylic acids is 1. The first-order valence-electron chi connectivity index (χ1n) is 6.27. The molecule has 1 unspecified atom stereocenters. The third kappa shape index (κ3) is 4.07. The summed E-state index contributed by atoms with van der Waals surface area (Å²) in [4.78, 5) is 19.3. The van der Waals surface area contributed by atoms with Crippen molar-refractivity contribution in [1.29, 1.82) is 0 Å². The Kier molecular flexibility index (Phi) is 6.29. The van der Waals surface area contributed by atoms with Gasteiger partial charge in [-0.3, -0.25) is 9.69 Å². The summed E-state index contributed by atoms with van der Waals surface area (Å²) in [6.07, 6.45) is 2.96. The molecule has 18 heavy (non-hydrogen) atoms. The van der Waals surface area contributed by atoms with Crippen LogP contribution in [0, 0.1) is 6.92 Å². The van der Waals surface area contributed by atoms with E-state index < -0.39 is 0 Å². The number of thiazole rings is 1. The second-order valence-corrected chi connectivity index (χ2v) is 5.40. The zero-order valence-electron chi connectivity index (χ0n) is 11.6. The Hall–Kier alpha value is -0.940. The summed E-state index contributed by atoms with van der Waals surface area (Å²) < 4.78 is 4.89. The molecule has 5 heteroatoms. The summed E-state index contributed by atoms with van der Waals surface area (Å²) in [6.45, 7) is 4.88. The van der Waals surface area contributed by atoms with Gasteiger partial charge in [-0.15, -0.1) is 11.3 Å². The molecule has 0 aliphatic heterocycles. The Labute approximate surface area is 113 Å². The Bertz CT molecular complexity index is 379. The van der Waals surface area contributed by atoms with E-state index in [2.05, 4.69) is 16.8 Å². The van der Waals surface area contributed by atoms with Gasteiger partial charge in [-0.1, -0.05) is 19.8 Å². The van der Waals surface area contributed by atoms with Crippen molar-refractivity contribution in [3.05, 3.63) is 16.1 Å². The lowest BCUT2D eigenvalue weighted by Gasteiger charge is -2.25. The molecule has 0 radical (unpaired) electrons. The molecule has 0 aliphatic carbocycles. The van der Waals surface area contributed by atoms with Crippen LogP contribution in [0.15, 0.2) is 5.51 Å². The summed E-state index contributed by atoms with van der Waals surface area (Å²) >= 11 is 1.63. The number of nitrogens with zero attached hydrogens (tertiary/aromatic N) is 2. The van der Waals surface area contributed by atoms with Crippen LogP contribution in [-0.2, 0) is 16.1 Å². The topological polar surface area (TPSA) is 42.4 Å². The predicted molar refractivity (Wildman–Crippen MR) is 73.6 cm³/mol. The van der Waals surface area contributed by atoms with E-state index in [9.17, 15) is 4.79 Å². The summed E-state index contributed by atoms with van der Waals surface area (Å²) in [7, 11) is 3.42. The molecule has 0 aromatic carbocycles. The number of esters is 1. The maximum Gasteiger partial charge on any atom is 0.323 e. The first-order chi connectivity index (χ1) is 8.60. The molecule has 0 spiro atoms. The average molecular weight is 270 g/mol. The smallest absolute Gasteiger partial charge is 0.323 e. The zero-order chi connectivity index (χ0) is 13.5. The molecule has 0 saturated heterocycles. The third-order valence-electron chi connectivity index (χ3n) is 3.07. The maximum atomic E-state index is 11.8. The Morgan fingerprint density at radius 1 is 1.61 bits per heavy atom. The highest BCUT2D eigenvalue weighted by Crippen LogP contribution is 2.18. The van der Waals surface area contributed by atoms with Gasteiger partial charge in [-0.2, -0.15) is 0 Å². The van der Waals surface area contributed by atoms with E-state index in [1.807, 2.05) is 19.5 Å². The van der Waals surface area contributed by atoms with Crippen molar-refractivity contribution < 1.29 is 9.53 Å². The number of hydrogen-bond donors (Lipinski definition) is 0. The molecule has 0 fully saturated rings. The van der Waals surface area contributed by atoms with Gasteiger partial charge in [0.1, 0.15) is 6.04 Å². The Morgan fingerprint density at radius 2 is 2.33 bits per heavy atom. The minimum Gasteiger partial charge on any atom is -0.468 e. The molecule has 4 nitrogen and oxygen atoms in total. The van der Waals surface area contributed by atoms with Gasteiger partial charge < -0.3 is 4.74 Å². The van der Waals surface area contributed by atoms with Crippen molar-refractivity contribution in [2.24, 2.45) is 0 Å². The van der Waals surface area contributed by atoms with Gasteiger partial charge in [0.25, 0.3) is 0 Å². The number of hydrogen-bond acceptors (Lipinski definition) is 5. The largest absolute Gasteiger partial charge is 0.468 e. The number of ether oxygens (including phenoxy) is 1. The lowest BCUT2D eigenvalue weighted by atomic mass is 10.1. The number of carbonyl (C=O) groups is 1. The van der Waals surface area contributed by atoms with Crippen molar-refractivity contribution in [3.8, 4) is 0 Å². The van der Waals surface area contributed by atoms with Gasteiger partial charge in [0.2, 0.25) is 0 Å². The molecule has 1 aromatic heterocycles. The monoisotopic (exact) mass is 270 g/mol. The van der Waals surface area contributed by atoms with Crippen LogP contribution in [0.3, 0.4) is 0 Å². The fourth-order valence-corrected chi connectivity index (χ4v) is 2.71. The summed E-state index contributed by atoms with van der Waals surface area (Å²) in [5.74, 6) is -0.145. The molecular weight excluding hydrogens is 248 g/mol. The van der Waals surface area contributed by atoms with Crippen molar-refractivity contribution in [1.82, 2.24) is 9.88 Å². The summed E-state index contributed by atoms with van der Waals surface area (Å²) in [5.41, 5.74) is 2.89. The van der Waals surface area contributed by atoms with Gasteiger partial charge in [0, 0.05) is 11.4 Å². The molecule has 0 saturated carbocycles. The van der Waals surface area contributed by atoms with Crippen LogP contribution in [-0.4, -0.2) is 36.1 Å². The Balaban J connectivity index is 2.66. The van der Waals surface area contributed by atoms with E-state index in [1.54, 1.807) is 11.3 Å². The third-order valence-corrected chi connectivity index (χ3v) is 3.99. The second-order valence-electron chi connectivity index (χ2n) is 4.46. The van der Waals surface area contributed by atoms with Crippen LogP contribution >= 0.6 is 11.3 Å². The highest BCUT2D eigenvalue weighted by molar-refractivity contribution is 7.09. The second kappa shape index (κ2) is 7.48. The minimum absolute atomic E-state index is 0.145. The van der Waals surface area contributed by atoms with Gasteiger partial charge in [-0.05, 0) is 20.4 Å². The minimum atomic E-state index is -0.156. The van der Waals surface area contributed by atoms with Crippen molar-refractivity contribution in [2.75, 3.05) is 14.2 Å². The fraction of sp³-hybridized carbons (Fsp3) is 0.692. The van der Waals surface area contributed by atoms with E-state index in [4.69, 9.17) is 4.74 Å². The summed E-state index contributed by atoms with van der Waals surface area (Å²) in [6, 6.07) is -0.156. The fourth-order valence-electron chi connectivity index (χ4n) is 1.87. The lowest BCUT2D eigenvalue weighted by molar-refractivity contribution is -0.147. The number of rotatable bonds is 7. The van der Waals surface area contributed by atoms with E-state index in [-0.39, 0.29) is 12.0 Å². The SMILES string of the molecule is CCCCC(C(=O)OC)N(C)Cc1scnc1C.